The van der Waals surface area contributed by atoms with E-state index in [4.69, 9.17) is 12.8 Å². The molecule has 0 fully saturated rings. The van der Waals surface area contributed by atoms with Crippen molar-refractivity contribution in [2.75, 3.05) is 0 Å². The van der Waals surface area contributed by atoms with Crippen molar-refractivity contribution in [1.82, 2.24) is 48.9 Å². The maximum Gasteiger partial charge on any atom is 0.232 e. The number of aromatic amines is 1. The fourth-order valence-electron chi connectivity index (χ4n) is 5.75. The van der Waals surface area contributed by atoms with Crippen molar-refractivity contribution in [3.8, 4) is 24.7 Å². The van der Waals surface area contributed by atoms with Crippen molar-refractivity contribution in [1.29, 1.82) is 0 Å². The maximum absolute atomic E-state index is 12.3. The van der Waals surface area contributed by atoms with Gasteiger partial charge in [0.1, 0.15) is 11.5 Å². The molecule has 6 rings (SSSR count). The molecule has 1 N–H and O–H groups in total. The zero-order valence-corrected chi connectivity index (χ0v) is 55.6. The molecule has 0 saturated carbocycles. The van der Waals surface area contributed by atoms with Gasteiger partial charge in [0.25, 0.3) is 0 Å². The lowest BCUT2D eigenvalue weighted by Gasteiger charge is -2.29. The van der Waals surface area contributed by atoms with Crippen LogP contribution in [-0.2, 0) is 41.6 Å². The average molecular weight is 1150 g/mol. The lowest BCUT2D eigenvalue weighted by Crippen LogP contribution is -2.28. The molecule has 1 atom stereocenters. The number of terminal acetylenes is 2. The van der Waals surface area contributed by atoms with E-state index in [0.717, 1.165) is 35.7 Å². The first-order valence-electron chi connectivity index (χ1n) is 27.4. The molecule has 456 valence electrons. The molecule has 0 bridgehead atoms. The van der Waals surface area contributed by atoms with Gasteiger partial charge < -0.3 is 9.55 Å². The van der Waals surface area contributed by atoms with E-state index >= 15 is 0 Å². The molecule has 1 unspecified atom stereocenters. The number of nitrogens with zero attached hydrogens (tertiary/aromatic N) is 9. The Labute approximate surface area is 496 Å². The Morgan fingerprint density at radius 2 is 1.18 bits per heavy atom. The van der Waals surface area contributed by atoms with Crippen LogP contribution in [0, 0.1) is 53.3 Å². The lowest BCUT2D eigenvalue weighted by molar-refractivity contribution is -0.122. The van der Waals surface area contributed by atoms with Crippen molar-refractivity contribution >= 4 is 33.6 Å². The molecular formula is C66H105FN10O4S. The second-order valence-corrected chi connectivity index (χ2v) is 29.2. The number of aromatic nitrogens is 10. The summed E-state index contributed by atoms with van der Waals surface area (Å²) in [6, 6.07) is 5.15. The highest BCUT2D eigenvalue weighted by Gasteiger charge is 2.30. The number of hydrogen-bond donors (Lipinski definition) is 1. The Balaban J connectivity index is -0.000000865. The van der Waals surface area contributed by atoms with Crippen LogP contribution in [0.4, 0.5) is 4.39 Å². The fraction of sp³-hybridized carbons (Fsp3) is 0.530. The Morgan fingerprint density at radius 1 is 0.695 bits per heavy atom. The van der Waals surface area contributed by atoms with E-state index in [1.54, 1.807) is 68.5 Å². The number of hydrogen-bond acceptors (Lipinski definition) is 9. The minimum absolute atomic E-state index is 0.0229. The SMILES string of the molecule is C#Cc1ccn(C(C)(C)C)n1.C#Cc1nccn1C(C)(C)C.C=CC(=O)C(C)(C)C.C=CS(=O)(=O)C(C)(C)C.C=Cc1ccn(C(C)(C)C)n1.C=Cc1ncc[nH]1.CC(C)(C)C1CCC=CC1=O.CC(C)(C)n1ccc(F)n1.CC(C)C. The van der Waals surface area contributed by atoms with Crippen LogP contribution in [0.15, 0.2) is 112 Å². The van der Waals surface area contributed by atoms with E-state index in [-0.39, 0.29) is 44.7 Å². The van der Waals surface area contributed by atoms with Crippen LogP contribution in [0.5, 0.6) is 0 Å². The molecule has 16 heteroatoms. The van der Waals surface area contributed by atoms with Crippen molar-refractivity contribution in [2.45, 2.75) is 206 Å². The summed E-state index contributed by atoms with van der Waals surface area (Å²) < 4.78 is 40.8. The average Bonchev–Trinajstić information content (AvgIpc) is 4.21. The van der Waals surface area contributed by atoms with Crippen LogP contribution in [-0.4, -0.2) is 73.6 Å². The number of carbonyl (C=O) groups is 2. The summed E-state index contributed by atoms with van der Waals surface area (Å²) in [7, 11) is -3.07. The van der Waals surface area contributed by atoms with Crippen molar-refractivity contribution in [2.24, 2.45) is 22.7 Å². The van der Waals surface area contributed by atoms with E-state index in [1.165, 1.54) is 12.1 Å². The second-order valence-electron chi connectivity index (χ2n) is 26.6. The molecule has 0 aromatic carbocycles. The largest absolute Gasteiger partial charge is 0.345 e. The predicted octanol–water partition coefficient (Wildman–Crippen LogP) is 15.7. The number of sulfone groups is 1. The highest BCUT2D eigenvalue weighted by atomic mass is 32.2. The van der Waals surface area contributed by atoms with E-state index < -0.39 is 20.5 Å². The van der Waals surface area contributed by atoms with Crippen LogP contribution >= 0.6 is 0 Å². The van der Waals surface area contributed by atoms with Gasteiger partial charge in [-0.2, -0.15) is 14.6 Å². The first kappa shape index (κ1) is 79.3. The number of rotatable bonds is 4. The minimum Gasteiger partial charge on any atom is -0.345 e. The monoisotopic (exact) mass is 1150 g/mol. The van der Waals surface area contributed by atoms with Gasteiger partial charge in [0.05, 0.1) is 27.1 Å². The number of imidazole rings is 2. The summed E-state index contributed by atoms with van der Waals surface area (Å²) in [5, 5.41) is 13.1. The van der Waals surface area contributed by atoms with Gasteiger partial charge in [0.15, 0.2) is 27.2 Å². The van der Waals surface area contributed by atoms with Gasteiger partial charge in [-0.15, -0.1) is 17.9 Å². The summed E-state index contributed by atoms with van der Waals surface area (Å²) in [6.45, 7) is 62.0. The number of ketones is 2. The third-order valence-corrected chi connectivity index (χ3v) is 12.8. The zero-order valence-electron chi connectivity index (χ0n) is 54.7. The number of nitrogens with one attached hydrogen (secondary N) is 1. The van der Waals surface area contributed by atoms with E-state index in [1.807, 2.05) is 92.3 Å². The third kappa shape index (κ3) is 33.7. The predicted molar refractivity (Wildman–Crippen MR) is 344 cm³/mol. The molecule has 0 amide bonds. The molecule has 5 heterocycles. The molecule has 0 saturated heterocycles. The number of allylic oxidation sites excluding steroid dienone is 3. The van der Waals surface area contributed by atoms with Crippen LogP contribution in [0.2, 0.25) is 0 Å². The van der Waals surface area contributed by atoms with Gasteiger partial charge in [-0.1, -0.05) is 94.7 Å². The number of halogens is 1. The smallest absolute Gasteiger partial charge is 0.232 e. The molecule has 14 nitrogen and oxygen atoms in total. The molecule has 1 aliphatic rings. The topological polar surface area (TPSA) is 168 Å². The summed E-state index contributed by atoms with van der Waals surface area (Å²) in [6.07, 6.45) is 33.6. The second kappa shape index (κ2) is 35.2. The Kier molecular flexibility index (Phi) is 34.0. The zero-order chi connectivity index (χ0) is 64.9. The molecule has 1 aliphatic carbocycles. The Hall–Kier alpha value is -6.91. The summed E-state index contributed by atoms with van der Waals surface area (Å²) in [5.74, 6) is 7.59. The normalized spacial score (nSPS) is 13.1. The van der Waals surface area contributed by atoms with E-state index in [0.29, 0.717) is 17.3 Å². The Morgan fingerprint density at radius 3 is 1.40 bits per heavy atom. The van der Waals surface area contributed by atoms with Crippen molar-refractivity contribution < 1.29 is 22.4 Å². The van der Waals surface area contributed by atoms with Crippen LogP contribution in [0.3, 0.4) is 0 Å². The quantitative estimate of drug-likeness (QED) is 0.136. The standard InChI is InChI=1S/C10H16O.C9H12N2.C9H14N2.C9H12N2.C7H11FN2.C7H12O.C6H12O2S.C5H6N2.C4H10/c1-10(2,3)8-6-4-5-7-9(8)11;1-5-8-10-6-7-11(8)9(2,3)4;2*1-5-8-6-7-11(10-8)9(2,3)4;1-7(2,3)10-5-4-6(8)9-10;1-5-6(8)7(2,3)4;1-5-9(7,8)6(2,3)4;1-2-5-6-3-4-7-5;1-4(2)3/h5,7-8H,4,6H2,1-3H3;1,6-7H,2-4H3;5-7H,1H2,2-4H3;1,6-7H,2-4H3;4-5H,1-3H3;5H,1H2,2-4H3;5H,1H2,2-4H3;2-4H,1H2,(H,6,7);4H,1-3H3. The summed E-state index contributed by atoms with van der Waals surface area (Å²) in [4.78, 5) is 32.8. The molecular weight excluding hydrogens is 1050 g/mol. The Bertz CT molecular complexity index is 2900. The van der Waals surface area contributed by atoms with Crippen LogP contribution < -0.4 is 0 Å². The summed E-state index contributed by atoms with van der Waals surface area (Å²) in [5.41, 5.74) is 1.52. The molecule has 5 aromatic rings. The molecule has 5 aromatic heterocycles. The maximum atomic E-state index is 12.3. The molecule has 0 radical (unpaired) electrons. The lowest BCUT2D eigenvalue weighted by atomic mass is 9.74. The van der Waals surface area contributed by atoms with E-state index in [9.17, 15) is 22.4 Å². The van der Waals surface area contributed by atoms with Crippen molar-refractivity contribution in [3.05, 3.63) is 141 Å². The van der Waals surface area contributed by atoms with Gasteiger partial charge in [-0.25, -0.2) is 18.4 Å². The van der Waals surface area contributed by atoms with Gasteiger partial charge in [-0.3, -0.25) is 23.6 Å². The van der Waals surface area contributed by atoms with Gasteiger partial charge in [-0.05, 0) is 176 Å². The van der Waals surface area contributed by atoms with Gasteiger partial charge >= 0.3 is 0 Å². The third-order valence-electron chi connectivity index (χ3n) is 10.7. The molecule has 82 heavy (non-hydrogen) atoms. The van der Waals surface area contributed by atoms with E-state index in [2.05, 4.69) is 172 Å². The highest BCUT2D eigenvalue weighted by Crippen LogP contribution is 2.33. The van der Waals surface area contributed by atoms with Crippen molar-refractivity contribution in [3.63, 3.8) is 0 Å². The van der Waals surface area contributed by atoms with Crippen LogP contribution in [0.1, 0.15) is 202 Å². The molecule has 0 spiro atoms. The van der Waals surface area contributed by atoms with Gasteiger partial charge in [0, 0.05) is 71.7 Å². The first-order valence-corrected chi connectivity index (χ1v) is 28.9. The first-order chi connectivity index (χ1) is 37.1. The van der Waals surface area contributed by atoms with Gasteiger partial charge in [0.2, 0.25) is 5.95 Å². The molecule has 0 aliphatic heterocycles. The summed E-state index contributed by atoms with van der Waals surface area (Å²) >= 11 is 0. The number of H-pyrrole nitrogens is 1. The fourth-order valence-corrected chi connectivity index (χ4v) is 6.25. The number of carbonyl (C=O) groups excluding carboxylic acids is 2. The van der Waals surface area contributed by atoms with Crippen LogP contribution in [0.25, 0.3) is 12.2 Å². The highest BCUT2D eigenvalue weighted by molar-refractivity contribution is 7.95. The minimum atomic E-state index is -3.07.